The molecular formula is C17H35NO. The molecular weight excluding hydrogens is 234 g/mol. The molecule has 0 bridgehead atoms. The Labute approximate surface area is 120 Å². The van der Waals surface area contributed by atoms with Gasteiger partial charge in [0.2, 0.25) is 5.91 Å². The number of unbranched alkanes of at least 4 members (excludes halogenated alkanes) is 3. The molecule has 0 aliphatic carbocycles. The van der Waals surface area contributed by atoms with E-state index in [-0.39, 0.29) is 5.41 Å². The van der Waals surface area contributed by atoms with Crippen molar-refractivity contribution >= 4 is 5.91 Å². The van der Waals surface area contributed by atoms with Gasteiger partial charge in [-0.15, -0.1) is 0 Å². The third-order valence-corrected chi connectivity index (χ3v) is 3.51. The molecule has 114 valence electrons. The van der Waals surface area contributed by atoms with E-state index in [0.717, 1.165) is 25.8 Å². The molecule has 0 aliphatic rings. The van der Waals surface area contributed by atoms with Gasteiger partial charge in [-0.05, 0) is 25.2 Å². The van der Waals surface area contributed by atoms with E-state index < -0.39 is 0 Å². The normalized spacial score (nSPS) is 13.4. The molecule has 0 saturated heterocycles. The number of hydrogen-bond acceptors (Lipinski definition) is 1. The molecule has 1 unspecified atom stereocenters. The van der Waals surface area contributed by atoms with Crippen molar-refractivity contribution in [3.63, 3.8) is 0 Å². The van der Waals surface area contributed by atoms with Crippen LogP contribution in [0, 0.1) is 5.41 Å². The van der Waals surface area contributed by atoms with Gasteiger partial charge in [0.25, 0.3) is 0 Å². The van der Waals surface area contributed by atoms with Gasteiger partial charge in [-0.1, -0.05) is 60.3 Å². The van der Waals surface area contributed by atoms with Crippen LogP contribution in [0.1, 0.15) is 86.5 Å². The summed E-state index contributed by atoms with van der Waals surface area (Å²) in [5.41, 5.74) is 0.0880. The SMILES string of the molecule is CCCCCC(C)N(CCCC)C(=O)CC(C)(C)C. The molecule has 0 saturated carbocycles. The minimum Gasteiger partial charge on any atom is -0.340 e. The first-order valence-corrected chi connectivity index (χ1v) is 8.11. The number of hydrogen-bond donors (Lipinski definition) is 0. The van der Waals surface area contributed by atoms with Gasteiger partial charge in [-0.2, -0.15) is 0 Å². The second-order valence-electron chi connectivity index (χ2n) is 7.02. The molecule has 0 heterocycles. The third-order valence-electron chi connectivity index (χ3n) is 3.51. The molecule has 0 spiro atoms. The van der Waals surface area contributed by atoms with Crippen LogP contribution in [-0.2, 0) is 4.79 Å². The summed E-state index contributed by atoms with van der Waals surface area (Å²) in [6.07, 6.45) is 7.84. The summed E-state index contributed by atoms with van der Waals surface area (Å²) < 4.78 is 0. The van der Waals surface area contributed by atoms with E-state index in [0.29, 0.717) is 18.4 Å². The average Bonchev–Trinajstić information content (AvgIpc) is 2.27. The fourth-order valence-corrected chi connectivity index (χ4v) is 2.32. The van der Waals surface area contributed by atoms with Gasteiger partial charge in [0.15, 0.2) is 0 Å². The van der Waals surface area contributed by atoms with Crippen molar-refractivity contribution in [1.29, 1.82) is 0 Å². The summed E-state index contributed by atoms with van der Waals surface area (Å²) in [5.74, 6) is 0.338. The molecule has 0 aromatic heterocycles. The van der Waals surface area contributed by atoms with E-state index in [1.54, 1.807) is 0 Å². The van der Waals surface area contributed by atoms with Crippen LogP contribution in [0.3, 0.4) is 0 Å². The van der Waals surface area contributed by atoms with Crippen LogP contribution in [0.25, 0.3) is 0 Å². The van der Waals surface area contributed by atoms with Crippen molar-refractivity contribution in [2.45, 2.75) is 92.5 Å². The molecule has 0 aromatic rings. The summed E-state index contributed by atoms with van der Waals surface area (Å²) in [5, 5.41) is 0. The second kappa shape index (κ2) is 9.39. The van der Waals surface area contributed by atoms with Crippen molar-refractivity contribution in [2.24, 2.45) is 5.41 Å². The summed E-state index contributed by atoms with van der Waals surface area (Å²) in [7, 11) is 0. The van der Waals surface area contributed by atoms with Gasteiger partial charge < -0.3 is 4.90 Å². The largest absolute Gasteiger partial charge is 0.340 e. The standard InChI is InChI=1S/C17H35NO/c1-7-9-11-12-15(3)18(13-10-8-2)16(19)14-17(4,5)6/h15H,7-14H2,1-6H3. The molecule has 19 heavy (non-hydrogen) atoms. The van der Waals surface area contributed by atoms with Gasteiger partial charge in [0, 0.05) is 19.0 Å². The minimum atomic E-state index is 0.0880. The van der Waals surface area contributed by atoms with E-state index in [1.165, 1.54) is 19.3 Å². The molecule has 1 atom stereocenters. The second-order valence-corrected chi connectivity index (χ2v) is 7.02. The van der Waals surface area contributed by atoms with Crippen LogP contribution in [0.5, 0.6) is 0 Å². The average molecular weight is 269 g/mol. The zero-order chi connectivity index (χ0) is 14.9. The lowest BCUT2D eigenvalue weighted by Gasteiger charge is -2.32. The molecule has 0 fully saturated rings. The van der Waals surface area contributed by atoms with Crippen molar-refractivity contribution in [3.05, 3.63) is 0 Å². The summed E-state index contributed by atoms with van der Waals surface area (Å²) in [4.78, 5) is 14.6. The van der Waals surface area contributed by atoms with Gasteiger partial charge in [-0.3, -0.25) is 4.79 Å². The molecule has 0 N–H and O–H groups in total. The van der Waals surface area contributed by atoms with Crippen LogP contribution in [0.2, 0.25) is 0 Å². The lowest BCUT2D eigenvalue weighted by molar-refractivity contribution is -0.135. The topological polar surface area (TPSA) is 20.3 Å². The van der Waals surface area contributed by atoms with Gasteiger partial charge >= 0.3 is 0 Å². The number of nitrogens with zero attached hydrogens (tertiary/aromatic N) is 1. The first-order valence-electron chi connectivity index (χ1n) is 8.11. The van der Waals surface area contributed by atoms with E-state index in [9.17, 15) is 4.79 Å². The van der Waals surface area contributed by atoms with Crippen molar-refractivity contribution in [3.8, 4) is 0 Å². The minimum absolute atomic E-state index is 0.0880. The Balaban J connectivity index is 4.46. The maximum Gasteiger partial charge on any atom is 0.223 e. The maximum atomic E-state index is 12.5. The van der Waals surface area contributed by atoms with Crippen molar-refractivity contribution in [1.82, 2.24) is 4.90 Å². The molecule has 0 radical (unpaired) electrons. The number of carbonyl (C=O) groups excluding carboxylic acids is 1. The first kappa shape index (κ1) is 18.5. The molecule has 1 amide bonds. The zero-order valence-corrected chi connectivity index (χ0v) is 14.1. The van der Waals surface area contributed by atoms with Gasteiger partial charge in [0.05, 0.1) is 0 Å². The highest BCUT2D eigenvalue weighted by molar-refractivity contribution is 5.77. The van der Waals surface area contributed by atoms with Crippen LogP contribution in [-0.4, -0.2) is 23.4 Å². The molecule has 2 nitrogen and oxygen atoms in total. The smallest absolute Gasteiger partial charge is 0.223 e. The Bertz CT molecular complexity index is 242. The Hall–Kier alpha value is -0.530. The zero-order valence-electron chi connectivity index (χ0n) is 14.1. The number of amides is 1. The van der Waals surface area contributed by atoms with E-state index in [4.69, 9.17) is 0 Å². The fourth-order valence-electron chi connectivity index (χ4n) is 2.32. The highest BCUT2D eigenvalue weighted by Crippen LogP contribution is 2.22. The lowest BCUT2D eigenvalue weighted by atomic mass is 9.91. The van der Waals surface area contributed by atoms with Gasteiger partial charge in [-0.25, -0.2) is 0 Å². The maximum absolute atomic E-state index is 12.5. The summed E-state index contributed by atoms with van der Waals surface area (Å²) >= 11 is 0. The molecule has 2 heteroatoms. The third kappa shape index (κ3) is 9.07. The summed E-state index contributed by atoms with van der Waals surface area (Å²) in [6.45, 7) is 14.0. The van der Waals surface area contributed by atoms with Crippen LogP contribution >= 0.6 is 0 Å². The van der Waals surface area contributed by atoms with Crippen LogP contribution < -0.4 is 0 Å². The van der Waals surface area contributed by atoms with Crippen molar-refractivity contribution in [2.75, 3.05) is 6.54 Å². The predicted octanol–water partition coefficient (Wildman–Crippen LogP) is 5.02. The van der Waals surface area contributed by atoms with E-state index >= 15 is 0 Å². The molecule has 0 aromatic carbocycles. The van der Waals surface area contributed by atoms with Crippen LogP contribution in [0.15, 0.2) is 0 Å². The highest BCUT2D eigenvalue weighted by atomic mass is 16.2. The molecule has 0 aliphatic heterocycles. The Kier molecular flexibility index (Phi) is 9.12. The lowest BCUT2D eigenvalue weighted by Crippen LogP contribution is -2.40. The number of carbonyl (C=O) groups is 1. The fraction of sp³-hybridized carbons (Fsp3) is 0.941. The predicted molar refractivity (Wildman–Crippen MR) is 84.3 cm³/mol. The van der Waals surface area contributed by atoms with E-state index in [1.807, 2.05) is 0 Å². The van der Waals surface area contributed by atoms with Crippen LogP contribution in [0.4, 0.5) is 0 Å². The molecule has 0 rings (SSSR count). The Morgan fingerprint density at radius 2 is 1.63 bits per heavy atom. The van der Waals surface area contributed by atoms with Gasteiger partial charge in [0.1, 0.15) is 0 Å². The highest BCUT2D eigenvalue weighted by Gasteiger charge is 2.24. The van der Waals surface area contributed by atoms with E-state index in [2.05, 4.69) is 46.4 Å². The summed E-state index contributed by atoms with van der Waals surface area (Å²) in [6, 6.07) is 0.396. The quantitative estimate of drug-likeness (QED) is 0.538. The Morgan fingerprint density at radius 1 is 1.05 bits per heavy atom. The monoisotopic (exact) mass is 269 g/mol. The van der Waals surface area contributed by atoms with Crippen molar-refractivity contribution < 1.29 is 4.79 Å². The first-order chi connectivity index (χ1) is 8.81. The Morgan fingerprint density at radius 3 is 2.11 bits per heavy atom. The number of rotatable bonds is 9.